The minimum Gasteiger partial charge on any atom is -0.478 e. The fourth-order valence-electron chi connectivity index (χ4n) is 2.98. The van der Waals surface area contributed by atoms with Gasteiger partial charge < -0.3 is 10.4 Å². The van der Waals surface area contributed by atoms with Crippen LogP contribution in [0.1, 0.15) is 47.2 Å². The topological polar surface area (TPSA) is 107 Å². The van der Waals surface area contributed by atoms with Gasteiger partial charge in [-0.1, -0.05) is 55.3 Å². The van der Waals surface area contributed by atoms with Crippen molar-refractivity contribution < 1.29 is 24.7 Å². The molecule has 2 amide bonds. The van der Waals surface area contributed by atoms with Crippen LogP contribution in [-0.4, -0.2) is 39.7 Å². The summed E-state index contributed by atoms with van der Waals surface area (Å²) in [6, 6.07) is 17.3. The van der Waals surface area contributed by atoms with Crippen LogP contribution in [0.25, 0.3) is 0 Å². The van der Waals surface area contributed by atoms with Crippen LogP contribution in [0.2, 0.25) is 0 Å². The molecule has 7 nitrogen and oxygen atoms in total. The number of carboxylic acid groups (broad SMARTS) is 1. The number of hydrogen-bond donors (Lipinski definition) is 3. The Bertz CT molecular complexity index is 879. The van der Waals surface area contributed by atoms with E-state index in [1.807, 2.05) is 30.3 Å². The normalized spacial score (nSPS) is 10.7. The summed E-state index contributed by atoms with van der Waals surface area (Å²) in [6.07, 6.45) is 5.91. The van der Waals surface area contributed by atoms with Gasteiger partial charge in [-0.25, -0.2) is 9.86 Å². The molecule has 2 rings (SSSR count). The van der Waals surface area contributed by atoms with E-state index in [0.717, 1.165) is 37.3 Å². The highest BCUT2D eigenvalue weighted by Crippen LogP contribution is 2.10. The van der Waals surface area contributed by atoms with Gasteiger partial charge in [0.15, 0.2) is 0 Å². The first-order valence-electron chi connectivity index (χ1n) is 10.3. The molecule has 2 aromatic carbocycles. The number of nitrogens with one attached hydrogen (secondary N) is 1. The molecule has 31 heavy (non-hydrogen) atoms. The summed E-state index contributed by atoms with van der Waals surface area (Å²) in [5, 5.41) is 21.5. The second-order valence-corrected chi connectivity index (χ2v) is 7.16. The van der Waals surface area contributed by atoms with Gasteiger partial charge in [0.25, 0.3) is 11.8 Å². The lowest BCUT2D eigenvalue weighted by atomic mass is 10.0. The SMILES string of the molecule is O=C(O)/C=C/C(=O)N(O)CCCCCCc1ccc(CNC(=O)c2ccccc2)cc1. The smallest absolute Gasteiger partial charge is 0.328 e. The van der Waals surface area contributed by atoms with Crippen molar-refractivity contribution in [1.29, 1.82) is 0 Å². The zero-order chi connectivity index (χ0) is 22.5. The maximum absolute atomic E-state index is 12.1. The number of amides is 2. The fraction of sp³-hybridized carbons (Fsp3) is 0.292. The van der Waals surface area contributed by atoms with Gasteiger partial charge in [0.2, 0.25) is 0 Å². The third-order valence-electron chi connectivity index (χ3n) is 4.72. The second-order valence-electron chi connectivity index (χ2n) is 7.16. The summed E-state index contributed by atoms with van der Waals surface area (Å²) in [6.45, 7) is 0.651. The molecule has 0 saturated heterocycles. The van der Waals surface area contributed by atoms with Crippen molar-refractivity contribution in [3.63, 3.8) is 0 Å². The highest BCUT2D eigenvalue weighted by atomic mass is 16.5. The molecule has 3 N–H and O–H groups in total. The van der Waals surface area contributed by atoms with E-state index >= 15 is 0 Å². The molecule has 0 aromatic heterocycles. The third-order valence-corrected chi connectivity index (χ3v) is 4.72. The Morgan fingerprint density at radius 1 is 0.839 bits per heavy atom. The average Bonchev–Trinajstić information content (AvgIpc) is 2.79. The molecule has 0 bridgehead atoms. The molecule has 0 aliphatic rings. The van der Waals surface area contributed by atoms with Gasteiger partial charge >= 0.3 is 5.97 Å². The number of hydrogen-bond acceptors (Lipinski definition) is 4. The predicted octanol–water partition coefficient (Wildman–Crippen LogP) is 3.58. The van der Waals surface area contributed by atoms with Crippen LogP contribution < -0.4 is 5.32 Å². The first-order chi connectivity index (χ1) is 15.0. The summed E-state index contributed by atoms with van der Waals surface area (Å²) >= 11 is 0. The number of aliphatic carboxylic acids is 1. The van der Waals surface area contributed by atoms with Crippen LogP contribution in [0.4, 0.5) is 0 Å². The van der Waals surface area contributed by atoms with Gasteiger partial charge in [0.05, 0.1) is 0 Å². The van der Waals surface area contributed by atoms with E-state index in [9.17, 15) is 19.6 Å². The summed E-state index contributed by atoms with van der Waals surface area (Å²) in [7, 11) is 0. The molecule has 0 fully saturated rings. The number of benzene rings is 2. The van der Waals surface area contributed by atoms with E-state index < -0.39 is 11.9 Å². The Kier molecular flexibility index (Phi) is 9.97. The van der Waals surface area contributed by atoms with E-state index in [1.54, 1.807) is 12.1 Å². The number of aryl methyl sites for hydroxylation is 1. The molecule has 7 heteroatoms. The lowest BCUT2D eigenvalue weighted by Crippen LogP contribution is -2.26. The number of unbranched alkanes of at least 4 members (excludes halogenated alkanes) is 3. The number of carbonyl (C=O) groups excluding carboxylic acids is 2. The highest BCUT2D eigenvalue weighted by Gasteiger charge is 2.07. The van der Waals surface area contributed by atoms with Gasteiger partial charge in [0, 0.05) is 30.8 Å². The fourth-order valence-corrected chi connectivity index (χ4v) is 2.98. The molecule has 164 valence electrons. The zero-order valence-electron chi connectivity index (χ0n) is 17.4. The molecule has 0 spiro atoms. The van der Waals surface area contributed by atoms with Crippen LogP contribution >= 0.6 is 0 Å². The Hall–Kier alpha value is -3.45. The van der Waals surface area contributed by atoms with Crippen molar-refractivity contribution in [3.05, 3.63) is 83.4 Å². The molecule has 0 aliphatic heterocycles. The molecular formula is C24H28N2O5. The maximum atomic E-state index is 12.1. The largest absolute Gasteiger partial charge is 0.478 e. The maximum Gasteiger partial charge on any atom is 0.328 e. The van der Waals surface area contributed by atoms with Gasteiger partial charge in [-0.05, 0) is 42.5 Å². The van der Waals surface area contributed by atoms with E-state index in [0.29, 0.717) is 29.7 Å². The summed E-state index contributed by atoms with van der Waals surface area (Å²) in [4.78, 5) is 33.9. The molecule has 0 unspecified atom stereocenters. The van der Waals surface area contributed by atoms with Crippen molar-refractivity contribution in [1.82, 2.24) is 10.4 Å². The van der Waals surface area contributed by atoms with Crippen molar-refractivity contribution >= 4 is 17.8 Å². The molecule has 0 radical (unpaired) electrons. The third kappa shape index (κ3) is 9.27. The quantitative estimate of drug-likeness (QED) is 0.209. The van der Waals surface area contributed by atoms with Gasteiger partial charge in [0.1, 0.15) is 0 Å². The summed E-state index contributed by atoms with van der Waals surface area (Å²) < 4.78 is 0. The van der Waals surface area contributed by atoms with Crippen LogP contribution in [0.15, 0.2) is 66.7 Å². The zero-order valence-corrected chi connectivity index (χ0v) is 17.4. The van der Waals surface area contributed by atoms with Crippen molar-refractivity contribution in [2.24, 2.45) is 0 Å². The first kappa shape index (κ1) is 23.8. The Morgan fingerprint density at radius 2 is 1.48 bits per heavy atom. The number of rotatable bonds is 12. The minimum atomic E-state index is -1.23. The lowest BCUT2D eigenvalue weighted by molar-refractivity contribution is -0.159. The monoisotopic (exact) mass is 424 g/mol. The minimum absolute atomic E-state index is 0.0919. The Morgan fingerprint density at radius 3 is 2.16 bits per heavy atom. The first-order valence-corrected chi connectivity index (χ1v) is 10.3. The number of carboxylic acids is 1. The molecule has 0 atom stereocenters. The number of carbonyl (C=O) groups is 3. The predicted molar refractivity (Wildman–Crippen MR) is 117 cm³/mol. The van der Waals surface area contributed by atoms with Gasteiger partial charge in [-0.15, -0.1) is 0 Å². The van der Waals surface area contributed by atoms with Crippen LogP contribution in [-0.2, 0) is 22.6 Å². The van der Waals surface area contributed by atoms with Gasteiger partial charge in [-0.3, -0.25) is 14.8 Å². The van der Waals surface area contributed by atoms with E-state index in [-0.39, 0.29) is 12.5 Å². The molecule has 0 heterocycles. The standard InChI is InChI=1S/C24H28N2O5/c27-22(15-16-23(28)29)26(31)17-7-2-1-4-8-19-11-13-20(14-12-19)18-25-24(30)21-9-5-3-6-10-21/h3,5-6,9-16,31H,1-2,4,7-8,17-18H2,(H,25,30)(H,28,29)/b16-15+. The van der Waals surface area contributed by atoms with E-state index in [4.69, 9.17) is 5.11 Å². The van der Waals surface area contributed by atoms with Crippen LogP contribution in [0, 0.1) is 0 Å². The number of hydroxylamine groups is 2. The number of nitrogens with zero attached hydrogens (tertiary/aromatic N) is 1. The summed E-state index contributed by atoms with van der Waals surface area (Å²) in [5.41, 5.74) is 2.90. The second kappa shape index (κ2) is 13.0. The molecular weight excluding hydrogens is 396 g/mol. The van der Waals surface area contributed by atoms with Crippen molar-refractivity contribution in [2.75, 3.05) is 6.54 Å². The van der Waals surface area contributed by atoms with Crippen molar-refractivity contribution in [3.8, 4) is 0 Å². The molecule has 0 saturated carbocycles. The highest BCUT2D eigenvalue weighted by molar-refractivity contribution is 5.94. The molecule has 0 aliphatic carbocycles. The van der Waals surface area contributed by atoms with Gasteiger partial charge in [-0.2, -0.15) is 0 Å². The van der Waals surface area contributed by atoms with Crippen molar-refractivity contribution in [2.45, 2.75) is 38.6 Å². The van der Waals surface area contributed by atoms with E-state index in [1.165, 1.54) is 5.56 Å². The molecule has 2 aromatic rings. The average molecular weight is 424 g/mol. The Labute approximate surface area is 182 Å². The van der Waals surface area contributed by atoms with E-state index in [2.05, 4.69) is 17.4 Å². The van der Waals surface area contributed by atoms with Crippen LogP contribution in [0.5, 0.6) is 0 Å². The lowest BCUT2D eigenvalue weighted by Gasteiger charge is -2.12. The van der Waals surface area contributed by atoms with Crippen LogP contribution in [0.3, 0.4) is 0 Å². The summed E-state index contributed by atoms with van der Waals surface area (Å²) in [5.74, 6) is -2.06. The Balaban J connectivity index is 1.60.